The predicted octanol–water partition coefficient (Wildman–Crippen LogP) is 1.22. The van der Waals surface area contributed by atoms with Gasteiger partial charge >= 0.3 is 0 Å². The van der Waals surface area contributed by atoms with Gasteiger partial charge < -0.3 is 10.2 Å². The van der Waals surface area contributed by atoms with E-state index in [0.717, 1.165) is 37.7 Å². The molecule has 1 fully saturated rings. The Morgan fingerprint density at radius 3 is 2.72 bits per heavy atom. The molecular formula is C19H27N5O3S2. The molecule has 8 nitrogen and oxygen atoms in total. The number of rotatable bonds is 7. The Kier molecular flexibility index (Phi) is 7.23. The lowest BCUT2D eigenvalue weighted by Crippen LogP contribution is -2.39. The first-order valence-corrected chi connectivity index (χ1v) is 11.8. The van der Waals surface area contributed by atoms with Crippen molar-refractivity contribution >= 4 is 32.4 Å². The Morgan fingerprint density at radius 2 is 2.00 bits per heavy atom. The fourth-order valence-corrected chi connectivity index (χ4v) is 5.06. The summed E-state index contributed by atoms with van der Waals surface area (Å²) in [6.07, 6.45) is 2.78. The van der Waals surface area contributed by atoms with Crippen LogP contribution in [0.2, 0.25) is 0 Å². The smallest absolute Gasteiger partial charge is 0.242 e. The first-order valence-electron chi connectivity index (χ1n) is 9.52. The van der Waals surface area contributed by atoms with Gasteiger partial charge in [-0.05, 0) is 18.1 Å². The average Bonchev–Trinajstić information content (AvgIpc) is 3.14. The number of anilines is 1. The molecule has 0 spiro atoms. The molecule has 158 valence electrons. The molecule has 0 unspecified atom stereocenters. The molecule has 1 aliphatic heterocycles. The van der Waals surface area contributed by atoms with E-state index in [-0.39, 0.29) is 17.3 Å². The van der Waals surface area contributed by atoms with Crippen LogP contribution in [-0.2, 0) is 21.4 Å². The summed E-state index contributed by atoms with van der Waals surface area (Å²) in [6, 6.07) is 6.76. The van der Waals surface area contributed by atoms with E-state index in [1.54, 1.807) is 35.6 Å². The normalized spacial score (nSPS) is 16.0. The van der Waals surface area contributed by atoms with Gasteiger partial charge in [-0.2, -0.15) is 0 Å². The third kappa shape index (κ3) is 5.53. The van der Waals surface area contributed by atoms with E-state index in [9.17, 15) is 13.2 Å². The largest absolute Gasteiger partial charge is 0.351 e. The van der Waals surface area contributed by atoms with Crippen molar-refractivity contribution in [2.45, 2.75) is 17.9 Å². The first-order chi connectivity index (χ1) is 13.9. The third-order valence-corrected chi connectivity index (χ3v) is 7.60. The summed E-state index contributed by atoms with van der Waals surface area (Å²) in [4.78, 5) is 21.4. The molecule has 1 aromatic carbocycles. The Labute approximate surface area is 176 Å². The molecule has 1 saturated heterocycles. The van der Waals surface area contributed by atoms with Crippen LogP contribution in [0.4, 0.5) is 5.13 Å². The Morgan fingerprint density at radius 1 is 1.21 bits per heavy atom. The van der Waals surface area contributed by atoms with Gasteiger partial charge in [0.2, 0.25) is 15.9 Å². The lowest BCUT2D eigenvalue weighted by Gasteiger charge is -2.21. The highest BCUT2D eigenvalue weighted by molar-refractivity contribution is 7.89. The summed E-state index contributed by atoms with van der Waals surface area (Å²) in [7, 11) is -0.556. The highest BCUT2D eigenvalue weighted by Crippen LogP contribution is 2.19. The molecule has 0 atom stereocenters. The zero-order valence-corrected chi connectivity index (χ0v) is 18.4. The molecule has 2 aromatic rings. The Balaban J connectivity index is 1.54. The number of aromatic nitrogens is 1. The molecule has 1 amide bonds. The second-order valence-corrected chi connectivity index (χ2v) is 10.1. The van der Waals surface area contributed by atoms with Crippen LogP contribution in [0.15, 0.2) is 40.7 Å². The maximum Gasteiger partial charge on any atom is 0.242 e. The second kappa shape index (κ2) is 9.66. The van der Waals surface area contributed by atoms with Gasteiger partial charge in [0.25, 0.3) is 0 Å². The van der Waals surface area contributed by atoms with Crippen molar-refractivity contribution in [2.75, 3.05) is 51.7 Å². The number of hydrogen-bond acceptors (Lipinski definition) is 7. The van der Waals surface area contributed by atoms with Gasteiger partial charge in [-0.1, -0.05) is 18.2 Å². The average molecular weight is 438 g/mol. The van der Waals surface area contributed by atoms with Crippen LogP contribution in [0.5, 0.6) is 0 Å². The molecule has 29 heavy (non-hydrogen) atoms. The zero-order valence-electron chi connectivity index (χ0n) is 16.7. The van der Waals surface area contributed by atoms with Crippen LogP contribution in [0, 0.1) is 0 Å². The van der Waals surface area contributed by atoms with Gasteiger partial charge in [0.1, 0.15) is 0 Å². The van der Waals surface area contributed by atoms with Crippen LogP contribution < -0.4 is 10.2 Å². The van der Waals surface area contributed by atoms with E-state index in [1.807, 2.05) is 11.6 Å². The lowest BCUT2D eigenvalue weighted by molar-refractivity contribution is -0.122. The monoisotopic (exact) mass is 437 g/mol. The van der Waals surface area contributed by atoms with E-state index in [2.05, 4.69) is 20.1 Å². The van der Waals surface area contributed by atoms with Gasteiger partial charge in [-0.25, -0.2) is 17.7 Å². The highest BCUT2D eigenvalue weighted by Gasteiger charge is 2.22. The highest BCUT2D eigenvalue weighted by atomic mass is 32.2. The molecule has 10 heteroatoms. The zero-order chi connectivity index (χ0) is 20.9. The molecule has 0 bridgehead atoms. The number of benzene rings is 1. The topological polar surface area (TPSA) is 85.8 Å². The van der Waals surface area contributed by atoms with Crippen LogP contribution in [0.1, 0.15) is 12.0 Å². The SMILES string of the molecule is CN(C)S(=O)(=O)c1ccccc1CNC(=O)CN1CCCN(c2nccs2)CC1. The minimum Gasteiger partial charge on any atom is -0.351 e. The molecule has 1 aliphatic rings. The molecule has 0 aliphatic carbocycles. The molecule has 0 radical (unpaired) electrons. The first kappa shape index (κ1) is 21.7. The summed E-state index contributed by atoms with van der Waals surface area (Å²) in [6.45, 7) is 3.89. The van der Waals surface area contributed by atoms with E-state index in [1.165, 1.54) is 18.4 Å². The van der Waals surface area contributed by atoms with Crippen molar-refractivity contribution in [3.8, 4) is 0 Å². The molecule has 0 saturated carbocycles. The second-order valence-electron chi connectivity index (χ2n) is 7.10. The van der Waals surface area contributed by atoms with Crippen molar-refractivity contribution in [3.63, 3.8) is 0 Å². The van der Waals surface area contributed by atoms with Gasteiger partial charge in [0.05, 0.1) is 11.4 Å². The van der Waals surface area contributed by atoms with Gasteiger partial charge in [0, 0.05) is 58.4 Å². The van der Waals surface area contributed by atoms with E-state index in [0.29, 0.717) is 12.1 Å². The van der Waals surface area contributed by atoms with E-state index >= 15 is 0 Å². The number of thiazole rings is 1. The van der Waals surface area contributed by atoms with Crippen molar-refractivity contribution < 1.29 is 13.2 Å². The predicted molar refractivity (Wildman–Crippen MR) is 115 cm³/mol. The van der Waals surface area contributed by atoms with E-state index < -0.39 is 10.0 Å². The van der Waals surface area contributed by atoms with Crippen LogP contribution >= 0.6 is 11.3 Å². The van der Waals surface area contributed by atoms with Gasteiger partial charge in [0.15, 0.2) is 5.13 Å². The van der Waals surface area contributed by atoms with Crippen molar-refractivity contribution in [3.05, 3.63) is 41.4 Å². The number of amides is 1. The Hall–Kier alpha value is -2.01. The number of hydrogen-bond donors (Lipinski definition) is 1. The number of nitrogens with zero attached hydrogens (tertiary/aromatic N) is 4. The number of carbonyl (C=O) groups excluding carboxylic acids is 1. The Bertz CT molecular complexity index is 916. The minimum absolute atomic E-state index is 0.107. The maximum atomic E-state index is 12.5. The summed E-state index contributed by atoms with van der Waals surface area (Å²) < 4.78 is 26.1. The van der Waals surface area contributed by atoms with Crippen LogP contribution in [-0.4, -0.2) is 75.3 Å². The lowest BCUT2D eigenvalue weighted by atomic mass is 10.2. The van der Waals surface area contributed by atoms with E-state index in [4.69, 9.17) is 0 Å². The van der Waals surface area contributed by atoms with Crippen molar-refractivity contribution in [1.29, 1.82) is 0 Å². The summed E-state index contributed by atoms with van der Waals surface area (Å²) in [5, 5.41) is 5.86. The standard InChI is InChI=1S/C19H27N5O3S2/c1-22(2)29(26,27)17-7-4-3-6-16(17)14-21-18(25)15-23-9-5-10-24(12-11-23)19-20-8-13-28-19/h3-4,6-8,13H,5,9-12,14-15H2,1-2H3,(H,21,25). The van der Waals surface area contributed by atoms with Gasteiger partial charge in [-0.15, -0.1) is 11.3 Å². The summed E-state index contributed by atoms with van der Waals surface area (Å²) >= 11 is 1.63. The fraction of sp³-hybridized carbons (Fsp3) is 0.474. The molecule has 1 N–H and O–H groups in total. The molecule has 2 heterocycles. The molecule has 1 aromatic heterocycles. The number of sulfonamides is 1. The number of carbonyl (C=O) groups is 1. The molecule has 3 rings (SSSR count). The van der Waals surface area contributed by atoms with Gasteiger partial charge in [-0.3, -0.25) is 9.69 Å². The number of nitrogens with one attached hydrogen (secondary N) is 1. The van der Waals surface area contributed by atoms with Crippen molar-refractivity contribution in [1.82, 2.24) is 19.5 Å². The van der Waals surface area contributed by atoms with Crippen LogP contribution in [0.25, 0.3) is 0 Å². The molecular weight excluding hydrogens is 410 g/mol. The summed E-state index contributed by atoms with van der Waals surface area (Å²) in [5.41, 5.74) is 0.584. The maximum absolute atomic E-state index is 12.5. The minimum atomic E-state index is -3.55. The van der Waals surface area contributed by atoms with Crippen LogP contribution in [0.3, 0.4) is 0 Å². The third-order valence-electron chi connectivity index (χ3n) is 4.85. The quantitative estimate of drug-likeness (QED) is 0.701. The van der Waals surface area contributed by atoms with Crippen molar-refractivity contribution in [2.24, 2.45) is 0 Å². The fourth-order valence-electron chi connectivity index (χ4n) is 3.24. The summed E-state index contributed by atoms with van der Waals surface area (Å²) in [5.74, 6) is -0.107.